The van der Waals surface area contributed by atoms with E-state index in [1.165, 1.54) is 18.1 Å². The molecule has 1 saturated carbocycles. The van der Waals surface area contributed by atoms with Crippen LogP contribution in [0.4, 0.5) is 13.2 Å². The number of halogens is 3. The van der Waals surface area contributed by atoms with Crippen LogP contribution in [-0.4, -0.2) is 30.2 Å². The van der Waals surface area contributed by atoms with Crippen molar-refractivity contribution in [2.24, 2.45) is 5.92 Å². The SMILES string of the molecule is CC#N.CCCN(CCc1ccccc1)C(C)CCc1ccc(C2CCCCC2C(F)(F)F)cc1. The zero-order chi connectivity index (χ0) is 25.7. The minimum absolute atomic E-state index is 0.268. The van der Waals surface area contributed by atoms with Gasteiger partial charge in [-0.25, -0.2) is 0 Å². The van der Waals surface area contributed by atoms with Crippen LogP contribution in [0, 0.1) is 17.2 Å². The Morgan fingerprint density at radius 2 is 1.54 bits per heavy atom. The zero-order valence-electron chi connectivity index (χ0n) is 21.5. The molecule has 0 heterocycles. The molecule has 5 heteroatoms. The number of hydrogen-bond acceptors (Lipinski definition) is 2. The van der Waals surface area contributed by atoms with Crippen LogP contribution >= 0.6 is 0 Å². The Morgan fingerprint density at radius 1 is 0.943 bits per heavy atom. The van der Waals surface area contributed by atoms with Gasteiger partial charge < -0.3 is 4.90 Å². The molecule has 0 aromatic heterocycles. The van der Waals surface area contributed by atoms with E-state index in [2.05, 4.69) is 61.2 Å². The molecule has 2 nitrogen and oxygen atoms in total. The van der Waals surface area contributed by atoms with Crippen molar-refractivity contribution < 1.29 is 13.2 Å². The van der Waals surface area contributed by atoms with E-state index >= 15 is 0 Å². The predicted octanol–water partition coefficient (Wildman–Crippen LogP) is 8.33. The Morgan fingerprint density at radius 3 is 2.14 bits per heavy atom. The van der Waals surface area contributed by atoms with E-state index in [0.29, 0.717) is 18.9 Å². The standard InChI is InChI=1S/C28H38F3N.C2H3N/c1-3-20-32(21-19-23-9-5-4-6-10-23)22(2)13-14-24-15-17-25(18-16-24)26-11-7-8-12-27(26)28(29,30)31;1-2-3/h4-6,9-10,15-18,22,26-27H,3,7-8,11-14,19-21H2,1-2H3;1H3. The Labute approximate surface area is 210 Å². The Hall–Kier alpha value is -2.32. The maximum atomic E-state index is 13.5. The van der Waals surface area contributed by atoms with Gasteiger partial charge in [-0.05, 0) is 74.6 Å². The van der Waals surface area contributed by atoms with Crippen LogP contribution in [0.3, 0.4) is 0 Å². The lowest BCUT2D eigenvalue weighted by atomic mass is 9.75. The van der Waals surface area contributed by atoms with Crippen LogP contribution in [-0.2, 0) is 12.8 Å². The van der Waals surface area contributed by atoms with Gasteiger partial charge in [0.25, 0.3) is 0 Å². The Kier molecular flexibility index (Phi) is 12.3. The maximum absolute atomic E-state index is 13.5. The molecule has 0 spiro atoms. The van der Waals surface area contributed by atoms with Gasteiger partial charge in [-0.15, -0.1) is 0 Å². The first kappa shape index (κ1) is 28.9. The van der Waals surface area contributed by atoms with Gasteiger partial charge in [0.1, 0.15) is 0 Å². The highest BCUT2D eigenvalue weighted by Crippen LogP contribution is 2.46. The number of nitriles is 1. The molecule has 1 aliphatic rings. The van der Waals surface area contributed by atoms with Crippen LogP contribution in [0.5, 0.6) is 0 Å². The minimum atomic E-state index is -4.10. The van der Waals surface area contributed by atoms with Gasteiger partial charge in [0.15, 0.2) is 0 Å². The van der Waals surface area contributed by atoms with Gasteiger partial charge in [-0.3, -0.25) is 0 Å². The fourth-order valence-corrected chi connectivity index (χ4v) is 5.17. The molecule has 192 valence electrons. The molecule has 3 rings (SSSR count). The van der Waals surface area contributed by atoms with E-state index in [1.807, 2.05) is 12.1 Å². The van der Waals surface area contributed by atoms with E-state index in [-0.39, 0.29) is 12.3 Å². The highest BCUT2D eigenvalue weighted by Gasteiger charge is 2.45. The third kappa shape index (κ3) is 9.68. The summed E-state index contributed by atoms with van der Waals surface area (Å²) in [6.45, 7) is 8.09. The van der Waals surface area contributed by atoms with Crippen LogP contribution < -0.4 is 0 Å². The van der Waals surface area contributed by atoms with Gasteiger partial charge in [0.2, 0.25) is 0 Å². The normalized spacial score (nSPS) is 18.9. The van der Waals surface area contributed by atoms with Gasteiger partial charge in [-0.1, -0.05) is 74.4 Å². The highest BCUT2D eigenvalue weighted by atomic mass is 19.4. The van der Waals surface area contributed by atoms with Crippen LogP contribution in [0.1, 0.15) is 81.9 Å². The third-order valence-electron chi connectivity index (χ3n) is 7.11. The number of nitrogens with zero attached hydrogens (tertiary/aromatic N) is 2. The third-order valence-corrected chi connectivity index (χ3v) is 7.11. The van der Waals surface area contributed by atoms with E-state index in [1.54, 1.807) is 6.07 Å². The van der Waals surface area contributed by atoms with Crippen LogP contribution in [0.25, 0.3) is 0 Å². The lowest BCUT2D eigenvalue weighted by molar-refractivity contribution is -0.187. The molecule has 0 saturated heterocycles. The second-order valence-corrected chi connectivity index (χ2v) is 9.66. The minimum Gasteiger partial charge on any atom is -0.300 e. The lowest BCUT2D eigenvalue weighted by Crippen LogP contribution is -2.35. The quantitative estimate of drug-likeness (QED) is 0.337. The van der Waals surface area contributed by atoms with Crippen LogP contribution in [0.2, 0.25) is 0 Å². The molecular weight excluding hydrogens is 445 g/mol. The monoisotopic (exact) mass is 486 g/mol. The maximum Gasteiger partial charge on any atom is 0.392 e. The number of rotatable bonds is 10. The fourth-order valence-electron chi connectivity index (χ4n) is 5.17. The van der Waals surface area contributed by atoms with Crippen LogP contribution in [0.15, 0.2) is 54.6 Å². The molecule has 3 unspecified atom stereocenters. The summed E-state index contributed by atoms with van der Waals surface area (Å²) in [6.07, 6.45) is 2.61. The average molecular weight is 487 g/mol. The van der Waals surface area contributed by atoms with Crippen molar-refractivity contribution in [1.82, 2.24) is 4.90 Å². The Bertz CT molecular complexity index is 871. The molecule has 3 atom stereocenters. The summed E-state index contributed by atoms with van der Waals surface area (Å²) in [4.78, 5) is 2.57. The predicted molar refractivity (Wildman–Crippen MR) is 138 cm³/mol. The molecule has 1 aliphatic carbocycles. The van der Waals surface area contributed by atoms with Crippen molar-refractivity contribution in [3.05, 3.63) is 71.3 Å². The summed E-state index contributed by atoms with van der Waals surface area (Å²) >= 11 is 0. The first-order valence-corrected chi connectivity index (χ1v) is 13.0. The number of alkyl halides is 3. The number of benzene rings is 2. The van der Waals surface area contributed by atoms with Crippen molar-refractivity contribution in [1.29, 1.82) is 5.26 Å². The Balaban J connectivity index is 0.00000137. The van der Waals surface area contributed by atoms with E-state index in [4.69, 9.17) is 5.26 Å². The average Bonchev–Trinajstić information content (AvgIpc) is 2.86. The topological polar surface area (TPSA) is 27.0 Å². The second kappa shape index (κ2) is 14.9. The van der Waals surface area contributed by atoms with Gasteiger partial charge in [0.05, 0.1) is 12.0 Å². The molecular formula is C30H41F3N2. The first-order chi connectivity index (χ1) is 16.8. The lowest BCUT2D eigenvalue weighted by Gasteiger charge is -2.33. The summed E-state index contributed by atoms with van der Waals surface area (Å²) in [5, 5.41) is 7.32. The molecule has 1 fully saturated rings. The molecule has 0 amide bonds. The van der Waals surface area contributed by atoms with Gasteiger partial charge >= 0.3 is 6.18 Å². The van der Waals surface area contributed by atoms with Crippen molar-refractivity contribution >= 4 is 0 Å². The van der Waals surface area contributed by atoms with E-state index in [0.717, 1.165) is 50.8 Å². The number of aryl methyl sites for hydroxylation is 1. The molecule has 0 bridgehead atoms. The molecule has 0 N–H and O–H groups in total. The first-order valence-electron chi connectivity index (χ1n) is 13.0. The van der Waals surface area contributed by atoms with E-state index < -0.39 is 12.1 Å². The summed E-state index contributed by atoms with van der Waals surface area (Å²) in [5.41, 5.74) is 3.45. The van der Waals surface area contributed by atoms with Crippen molar-refractivity contribution in [2.75, 3.05) is 13.1 Å². The van der Waals surface area contributed by atoms with Crippen molar-refractivity contribution in [3.63, 3.8) is 0 Å². The summed E-state index contributed by atoms with van der Waals surface area (Å²) in [6, 6.07) is 20.9. The largest absolute Gasteiger partial charge is 0.392 e. The second-order valence-electron chi connectivity index (χ2n) is 9.66. The summed E-state index contributed by atoms with van der Waals surface area (Å²) in [7, 11) is 0. The van der Waals surface area contributed by atoms with Gasteiger partial charge in [0, 0.05) is 19.5 Å². The van der Waals surface area contributed by atoms with Crippen molar-refractivity contribution in [3.8, 4) is 6.07 Å². The number of hydrogen-bond donors (Lipinski definition) is 0. The molecule has 35 heavy (non-hydrogen) atoms. The molecule has 0 radical (unpaired) electrons. The molecule has 0 aliphatic heterocycles. The van der Waals surface area contributed by atoms with Gasteiger partial charge in [-0.2, -0.15) is 18.4 Å². The zero-order valence-corrected chi connectivity index (χ0v) is 21.5. The smallest absolute Gasteiger partial charge is 0.300 e. The van der Waals surface area contributed by atoms with Crippen molar-refractivity contribution in [2.45, 2.75) is 90.3 Å². The summed E-state index contributed by atoms with van der Waals surface area (Å²) < 4.78 is 40.4. The molecule has 2 aromatic carbocycles. The molecule has 2 aromatic rings. The highest BCUT2D eigenvalue weighted by molar-refractivity contribution is 5.27. The van der Waals surface area contributed by atoms with E-state index in [9.17, 15) is 13.2 Å². The summed E-state index contributed by atoms with van der Waals surface area (Å²) in [5.74, 6) is -1.57. The fraction of sp³-hybridized carbons (Fsp3) is 0.567.